The molecule has 0 unspecified atom stereocenters. The van der Waals surface area contributed by atoms with Crippen molar-refractivity contribution in [1.82, 2.24) is 0 Å². The quantitative estimate of drug-likeness (QED) is 0.161. The molecular formula is C45H33EuO12. The first-order valence-electron chi connectivity index (χ1n) is 16.9. The van der Waals surface area contributed by atoms with Gasteiger partial charge in [0.05, 0.1) is 39.2 Å². The molecule has 0 aliphatic heterocycles. The molecule has 0 aliphatic carbocycles. The van der Waals surface area contributed by atoms with Crippen LogP contribution in [0.5, 0.6) is 17.2 Å². The number of rotatable bonds is 12. The van der Waals surface area contributed by atoms with Crippen molar-refractivity contribution in [3.8, 4) is 17.2 Å². The van der Waals surface area contributed by atoms with Gasteiger partial charge in [0.25, 0.3) is 0 Å². The first-order valence-corrected chi connectivity index (χ1v) is 16.9. The summed E-state index contributed by atoms with van der Waals surface area (Å²) in [6.45, 7) is 0. The molecule has 0 bridgehead atoms. The van der Waals surface area contributed by atoms with Crippen LogP contribution in [0.1, 0.15) is 78.8 Å². The molecule has 0 atom stereocenters. The van der Waals surface area contributed by atoms with Gasteiger partial charge in [0.1, 0.15) is 17.2 Å². The molecule has 292 valence electrons. The van der Waals surface area contributed by atoms with Crippen LogP contribution < -0.4 is 29.5 Å². The number of ether oxygens (including phenoxy) is 3. The van der Waals surface area contributed by atoms with E-state index in [1.54, 1.807) is 109 Å². The Bertz CT molecular complexity index is 2120. The van der Waals surface area contributed by atoms with Crippen LogP contribution in [-0.4, -0.2) is 56.6 Å². The van der Waals surface area contributed by atoms with Gasteiger partial charge in [-0.05, 0) is 72.8 Å². The molecule has 13 heteroatoms. The molecule has 0 amide bonds. The van der Waals surface area contributed by atoms with Gasteiger partial charge in [-0.25, -0.2) is 0 Å². The molecule has 6 aromatic rings. The van der Waals surface area contributed by atoms with Crippen molar-refractivity contribution >= 4 is 35.3 Å². The molecule has 0 spiro atoms. The third-order valence-electron chi connectivity index (χ3n) is 8.23. The summed E-state index contributed by atoms with van der Waals surface area (Å²) >= 11 is 0. The molecule has 0 heterocycles. The van der Waals surface area contributed by atoms with Gasteiger partial charge in [-0.15, -0.1) is 0 Å². The number of hydrogen-bond acceptors (Lipinski definition) is 12. The van der Waals surface area contributed by atoms with Gasteiger partial charge in [-0.3, -0.25) is 14.4 Å². The van der Waals surface area contributed by atoms with Gasteiger partial charge in [0.15, 0.2) is 17.3 Å². The van der Waals surface area contributed by atoms with E-state index in [4.69, 9.17) is 14.2 Å². The molecule has 0 aliphatic rings. The second kappa shape index (κ2) is 22.5. The van der Waals surface area contributed by atoms with Gasteiger partial charge in [-0.1, -0.05) is 72.8 Å². The number of aromatic carboxylic acids is 3. The van der Waals surface area contributed by atoms with Gasteiger partial charge in [0, 0.05) is 50.1 Å². The smallest absolute Gasteiger partial charge is 0.545 e. The molecule has 0 N–H and O–H groups in total. The SMILES string of the molecule is COc1ccc(C(=O)c2ccccc2C(=O)[O-])cc1.COc1ccc(C(=O)c2ccccc2C(=O)[O-])cc1.COc1ccc(C(=O)c2ccccc2C(=O)[O-])cc1.[Eu+3]. The summed E-state index contributed by atoms with van der Waals surface area (Å²) < 4.78 is 15.0. The molecule has 0 saturated heterocycles. The van der Waals surface area contributed by atoms with Gasteiger partial charge in [-0.2, -0.15) is 0 Å². The standard InChI is InChI=1S/3C15H12O4.Eu/c3*1-19-11-8-6-10(7-9-11)14(16)12-4-2-3-5-13(12)15(17)18;/h3*2-9H,1H3,(H,17,18);/q;;;+3/p-3. The Hall–Kier alpha value is -6.28. The molecule has 0 radical (unpaired) electrons. The zero-order valence-corrected chi connectivity index (χ0v) is 33.6. The van der Waals surface area contributed by atoms with Crippen molar-refractivity contribution in [3.63, 3.8) is 0 Å². The monoisotopic (exact) mass is 918 g/mol. The molecule has 58 heavy (non-hydrogen) atoms. The zero-order chi connectivity index (χ0) is 41.5. The van der Waals surface area contributed by atoms with Crippen LogP contribution in [0, 0.1) is 49.4 Å². The van der Waals surface area contributed by atoms with Gasteiger partial charge in [0.2, 0.25) is 0 Å². The molecular weight excluding hydrogens is 884 g/mol. The fraction of sp³-hybridized carbons (Fsp3) is 0.0667. The number of carboxylic acids is 3. The summed E-state index contributed by atoms with van der Waals surface area (Å²) in [7, 11) is 4.59. The Morgan fingerprint density at radius 1 is 0.328 bits per heavy atom. The van der Waals surface area contributed by atoms with E-state index in [1.165, 1.54) is 57.7 Å². The third-order valence-corrected chi connectivity index (χ3v) is 8.23. The molecule has 6 aromatic carbocycles. The van der Waals surface area contributed by atoms with Crippen LogP contribution in [0.4, 0.5) is 0 Å². The normalized spacial score (nSPS) is 9.78. The summed E-state index contributed by atoms with van der Waals surface area (Å²) in [5.74, 6) is -3.28. The van der Waals surface area contributed by atoms with Crippen LogP contribution in [0.3, 0.4) is 0 Å². The maximum atomic E-state index is 12.2. The number of carboxylic acid groups (broad SMARTS) is 3. The molecule has 6 rings (SSSR count). The first-order chi connectivity index (χ1) is 27.4. The fourth-order valence-electron chi connectivity index (χ4n) is 5.27. The molecule has 0 aromatic heterocycles. The summed E-state index contributed by atoms with van der Waals surface area (Å²) in [5.41, 5.74) is 1.22. The minimum absolute atomic E-state index is 0. The van der Waals surface area contributed by atoms with Crippen molar-refractivity contribution < 1.29 is 108 Å². The van der Waals surface area contributed by atoms with Crippen LogP contribution >= 0.6 is 0 Å². The third kappa shape index (κ3) is 12.1. The van der Waals surface area contributed by atoms with E-state index in [9.17, 15) is 44.1 Å². The van der Waals surface area contributed by atoms with Crippen molar-refractivity contribution in [2.24, 2.45) is 0 Å². The topological polar surface area (TPSA) is 199 Å². The second-order valence-corrected chi connectivity index (χ2v) is 11.7. The minimum atomic E-state index is -1.36. The van der Waals surface area contributed by atoms with Gasteiger partial charge >= 0.3 is 49.4 Å². The van der Waals surface area contributed by atoms with E-state index >= 15 is 0 Å². The predicted octanol–water partition coefficient (Wildman–Crippen LogP) is 3.87. The number of ketones is 3. The minimum Gasteiger partial charge on any atom is -0.545 e. The summed E-state index contributed by atoms with van der Waals surface area (Å²) in [6.07, 6.45) is 0. The van der Waals surface area contributed by atoms with E-state index in [0.717, 1.165) is 0 Å². The Balaban J connectivity index is 0.000000231. The number of carbonyl (C=O) groups excluding carboxylic acids is 6. The van der Waals surface area contributed by atoms with E-state index in [-0.39, 0.29) is 100 Å². The molecule has 0 fully saturated rings. The molecule has 0 saturated carbocycles. The summed E-state index contributed by atoms with van der Waals surface area (Å²) in [4.78, 5) is 69.6. The molecule has 12 nitrogen and oxygen atoms in total. The maximum absolute atomic E-state index is 12.2. The largest absolute Gasteiger partial charge is 3.00 e. The Kier molecular flexibility index (Phi) is 17.9. The average molecular weight is 918 g/mol. The van der Waals surface area contributed by atoms with Crippen molar-refractivity contribution in [2.75, 3.05) is 21.3 Å². The van der Waals surface area contributed by atoms with Crippen molar-refractivity contribution in [3.05, 3.63) is 196 Å². The number of hydrogen-bond donors (Lipinski definition) is 0. The van der Waals surface area contributed by atoms with E-state index in [1.807, 2.05) is 0 Å². The van der Waals surface area contributed by atoms with Crippen LogP contribution in [0.15, 0.2) is 146 Å². The number of methoxy groups -OCH3 is 3. The van der Waals surface area contributed by atoms with E-state index in [2.05, 4.69) is 0 Å². The summed E-state index contributed by atoms with van der Waals surface area (Å²) in [6, 6.07) is 37.4. The average Bonchev–Trinajstić information content (AvgIpc) is 3.26. The zero-order valence-electron chi connectivity index (χ0n) is 31.1. The van der Waals surface area contributed by atoms with Crippen LogP contribution in [-0.2, 0) is 0 Å². The summed E-state index contributed by atoms with van der Waals surface area (Å²) in [5, 5.41) is 32.9. The number of carbonyl (C=O) groups is 6. The van der Waals surface area contributed by atoms with E-state index in [0.29, 0.717) is 33.9 Å². The fourth-order valence-corrected chi connectivity index (χ4v) is 5.27. The van der Waals surface area contributed by atoms with Gasteiger partial charge < -0.3 is 43.9 Å². The Morgan fingerprint density at radius 2 is 0.517 bits per heavy atom. The van der Waals surface area contributed by atoms with Crippen LogP contribution in [0.2, 0.25) is 0 Å². The van der Waals surface area contributed by atoms with Crippen LogP contribution in [0.25, 0.3) is 0 Å². The first kappa shape index (κ1) is 46.1. The van der Waals surface area contributed by atoms with E-state index < -0.39 is 17.9 Å². The Labute approximate surface area is 374 Å². The second-order valence-electron chi connectivity index (χ2n) is 11.7. The van der Waals surface area contributed by atoms with Crippen molar-refractivity contribution in [1.29, 1.82) is 0 Å². The Morgan fingerprint density at radius 3 is 0.690 bits per heavy atom. The maximum Gasteiger partial charge on any atom is 3.00 e. The predicted molar refractivity (Wildman–Crippen MR) is 202 cm³/mol. The number of benzene rings is 6. The van der Waals surface area contributed by atoms with Crippen molar-refractivity contribution in [2.45, 2.75) is 0 Å².